The molecule has 4 nitrogen and oxygen atoms in total. The Kier molecular flexibility index (Phi) is 7.16. The molecule has 0 spiro atoms. The van der Waals surface area contributed by atoms with E-state index in [4.69, 9.17) is 11.6 Å². The Hall–Kier alpha value is -0.150. The van der Waals surface area contributed by atoms with Crippen molar-refractivity contribution < 1.29 is 18.8 Å². The van der Waals surface area contributed by atoms with Crippen molar-refractivity contribution in [3.63, 3.8) is 0 Å². The molecule has 6 heteroatoms. The fourth-order valence-electron chi connectivity index (χ4n) is 1.07. The van der Waals surface area contributed by atoms with E-state index < -0.39 is 13.8 Å². The van der Waals surface area contributed by atoms with Crippen LogP contribution in [0.5, 0.6) is 0 Å². The van der Waals surface area contributed by atoms with E-state index in [9.17, 15) is 14.3 Å². The van der Waals surface area contributed by atoms with Gasteiger partial charge in [-0.2, -0.15) is 0 Å². The number of carbonyl (C=O) groups excluding carboxylic acids is 1. The van der Waals surface area contributed by atoms with Crippen LogP contribution in [0.2, 0.25) is 0 Å². The quantitative estimate of drug-likeness (QED) is 0.721. The minimum atomic E-state index is -3.75. The predicted octanol–water partition coefficient (Wildman–Crippen LogP) is 2.95. The van der Waals surface area contributed by atoms with Crippen molar-refractivity contribution >= 4 is 25.0 Å². The highest BCUT2D eigenvalue weighted by Gasteiger charge is 2.25. The summed E-state index contributed by atoms with van der Waals surface area (Å²) in [4.78, 5) is 20.8. The van der Waals surface area contributed by atoms with Crippen LogP contribution in [-0.2, 0) is 13.9 Å². The van der Waals surface area contributed by atoms with Gasteiger partial charge in [0, 0.05) is 11.0 Å². The number of carbonyl (C=O) groups is 1. The Morgan fingerprint density at radius 1 is 1.62 bits per heavy atom. The van der Waals surface area contributed by atoms with E-state index in [2.05, 4.69) is 4.52 Å². The fourth-order valence-corrected chi connectivity index (χ4v) is 2.36. The molecule has 0 radical (unpaired) electrons. The van der Waals surface area contributed by atoms with E-state index in [1.165, 1.54) is 0 Å². The summed E-state index contributed by atoms with van der Waals surface area (Å²) >= 11 is 5.63. The minimum absolute atomic E-state index is 0.121. The minimum Gasteiger partial charge on any atom is -0.324 e. The highest BCUT2D eigenvalue weighted by molar-refractivity contribution is 7.53. The van der Waals surface area contributed by atoms with Gasteiger partial charge in [-0.3, -0.25) is 9.36 Å². The van der Waals surface area contributed by atoms with Gasteiger partial charge in [0.05, 0.1) is 6.61 Å². The third-order valence-corrected chi connectivity index (χ3v) is 3.52. The van der Waals surface area contributed by atoms with Gasteiger partial charge in [-0.25, -0.2) is 0 Å². The van der Waals surface area contributed by atoms with Gasteiger partial charge < -0.3 is 9.42 Å². The molecule has 0 aromatic carbocycles. The molecule has 0 aromatic heterocycles. The molecule has 1 N–H and O–H groups in total. The Bertz CT molecular complexity index is 310. The Morgan fingerprint density at radius 2 is 2.19 bits per heavy atom. The number of hydrogen-bond donors (Lipinski definition) is 1. The number of allylic oxidation sites excluding steroid dienone is 2. The molecular weight excluding hydrogens is 251 g/mol. The molecule has 0 aliphatic carbocycles. The van der Waals surface area contributed by atoms with Crippen LogP contribution < -0.4 is 0 Å². The van der Waals surface area contributed by atoms with Crippen LogP contribution in [0.4, 0.5) is 0 Å². The van der Waals surface area contributed by atoms with Crippen molar-refractivity contribution in [2.75, 3.05) is 12.8 Å². The number of halogens is 1. The van der Waals surface area contributed by atoms with Gasteiger partial charge >= 0.3 is 7.60 Å². The van der Waals surface area contributed by atoms with Crippen LogP contribution >= 0.6 is 19.2 Å². The van der Waals surface area contributed by atoms with Crippen molar-refractivity contribution in [1.82, 2.24) is 0 Å². The van der Waals surface area contributed by atoms with Crippen molar-refractivity contribution in [2.45, 2.75) is 27.2 Å². The van der Waals surface area contributed by atoms with Crippen LogP contribution in [0.1, 0.15) is 27.2 Å². The molecule has 0 aliphatic rings. The van der Waals surface area contributed by atoms with Crippen molar-refractivity contribution in [3.8, 4) is 0 Å². The lowest BCUT2D eigenvalue weighted by Crippen LogP contribution is -2.15. The Morgan fingerprint density at radius 3 is 2.62 bits per heavy atom. The summed E-state index contributed by atoms with van der Waals surface area (Å²) < 4.78 is 16.0. The standard InChI is InChI=1S/C10H18ClO4P/c1-4-15-16(13,14)7-10(12)8(2)5-6-9(3)11/h6,8H,4-5,7H2,1-3H3,(H,13,14). The maximum Gasteiger partial charge on any atom is 0.335 e. The van der Waals surface area contributed by atoms with Crippen LogP contribution in [0.15, 0.2) is 11.1 Å². The van der Waals surface area contributed by atoms with Gasteiger partial charge in [0.1, 0.15) is 11.9 Å². The second kappa shape index (κ2) is 7.23. The third-order valence-electron chi connectivity index (χ3n) is 1.99. The van der Waals surface area contributed by atoms with Crippen LogP contribution in [0.25, 0.3) is 0 Å². The van der Waals surface area contributed by atoms with Gasteiger partial charge in [0.25, 0.3) is 0 Å². The summed E-state index contributed by atoms with van der Waals surface area (Å²) in [5.74, 6) is -0.608. The molecule has 0 fully saturated rings. The van der Waals surface area contributed by atoms with Gasteiger partial charge in [0.2, 0.25) is 0 Å². The van der Waals surface area contributed by atoms with E-state index in [0.717, 1.165) is 0 Å². The number of Topliss-reactive ketones (excluding diaryl/α,β-unsaturated/α-hetero) is 1. The second-order valence-electron chi connectivity index (χ2n) is 3.61. The second-order valence-corrected chi connectivity index (χ2v) is 6.05. The lowest BCUT2D eigenvalue weighted by atomic mass is 10.0. The average Bonchev–Trinajstić information content (AvgIpc) is 2.12. The first-order valence-electron chi connectivity index (χ1n) is 5.10. The summed E-state index contributed by atoms with van der Waals surface area (Å²) in [5.41, 5.74) is 0. The number of ketones is 1. The molecular formula is C10H18ClO4P. The smallest absolute Gasteiger partial charge is 0.324 e. The van der Waals surface area contributed by atoms with E-state index in [-0.39, 0.29) is 18.3 Å². The summed E-state index contributed by atoms with van der Waals surface area (Å²) in [6.07, 6.45) is 1.75. The number of hydrogen-bond acceptors (Lipinski definition) is 3. The van der Waals surface area contributed by atoms with Crippen LogP contribution in [0.3, 0.4) is 0 Å². The lowest BCUT2D eigenvalue weighted by molar-refractivity contribution is -0.120. The molecule has 2 atom stereocenters. The van der Waals surface area contributed by atoms with Gasteiger partial charge in [-0.1, -0.05) is 24.6 Å². The highest BCUT2D eigenvalue weighted by Crippen LogP contribution is 2.42. The van der Waals surface area contributed by atoms with E-state index in [1.54, 1.807) is 26.8 Å². The maximum absolute atomic E-state index is 11.6. The molecule has 0 rings (SSSR count). The highest BCUT2D eigenvalue weighted by atomic mass is 35.5. The first kappa shape index (κ1) is 15.9. The summed E-state index contributed by atoms with van der Waals surface area (Å²) in [7, 11) is -3.75. The summed E-state index contributed by atoms with van der Waals surface area (Å²) in [6.45, 7) is 5.15. The monoisotopic (exact) mass is 268 g/mol. The van der Waals surface area contributed by atoms with E-state index >= 15 is 0 Å². The molecule has 94 valence electrons. The first-order valence-corrected chi connectivity index (χ1v) is 7.24. The largest absolute Gasteiger partial charge is 0.335 e. The topological polar surface area (TPSA) is 63.6 Å². The Labute approximate surface area is 101 Å². The molecule has 2 unspecified atom stereocenters. The van der Waals surface area contributed by atoms with Gasteiger partial charge in [-0.05, 0) is 20.3 Å². The van der Waals surface area contributed by atoms with E-state index in [0.29, 0.717) is 11.5 Å². The molecule has 0 heterocycles. The van der Waals surface area contributed by atoms with Crippen molar-refractivity contribution in [3.05, 3.63) is 11.1 Å². The molecule has 0 bridgehead atoms. The molecule has 0 aromatic rings. The zero-order chi connectivity index (χ0) is 12.8. The molecule has 0 saturated heterocycles. The average molecular weight is 269 g/mol. The number of rotatable bonds is 7. The summed E-state index contributed by atoms with van der Waals surface area (Å²) in [6, 6.07) is 0. The molecule has 16 heavy (non-hydrogen) atoms. The van der Waals surface area contributed by atoms with Crippen molar-refractivity contribution in [1.29, 1.82) is 0 Å². The summed E-state index contributed by atoms with van der Waals surface area (Å²) in [5, 5.41) is 0.608. The maximum atomic E-state index is 11.6. The van der Waals surface area contributed by atoms with Gasteiger partial charge in [-0.15, -0.1) is 0 Å². The SMILES string of the molecule is CCOP(=O)(O)CC(=O)C(C)CC=C(C)Cl. The van der Waals surface area contributed by atoms with E-state index in [1.807, 2.05) is 0 Å². The zero-order valence-electron chi connectivity index (χ0n) is 9.77. The van der Waals surface area contributed by atoms with Crippen LogP contribution in [0, 0.1) is 5.92 Å². The lowest BCUT2D eigenvalue weighted by Gasteiger charge is -2.12. The molecule has 0 aliphatic heterocycles. The van der Waals surface area contributed by atoms with Crippen molar-refractivity contribution in [2.24, 2.45) is 5.92 Å². The fraction of sp³-hybridized carbons (Fsp3) is 0.700. The molecule has 0 saturated carbocycles. The normalized spacial score (nSPS) is 17.9. The zero-order valence-corrected chi connectivity index (χ0v) is 11.4. The Balaban J connectivity index is 4.25. The predicted molar refractivity (Wildman–Crippen MR) is 64.7 cm³/mol. The molecule has 0 amide bonds. The van der Waals surface area contributed by atoms with Gasteiger partial charge in [0.15, 0.2) is 0 Å². The van der Waals surface area contributed by atoms with Crippen LogP contribution in [-0.4, -0.2) is 23.4 Å². The first-order chi connectivity index (χ1) is 7.28. The third kappa shape index (κ3) is 7.18.